The minimum absolute atomic E-state index is 0.0129. The minimum atomic E-state index is -0.348. The van der Waals surface area contributed by atoms with Gasteiger partial charge in [-0.25, -0.2) is 0 Å². The van der Waals surface area contributed by atoms with Crippen molar-refractivity contribution in [3.63, 3.8) is 0 Å². The zero-order valence-electron chi connectivity index (χ0n) is 9.36. The number of rotatable bonds is 6. The summed E-state index contributed by atoms with van der Waals surface area (Å²) in [6.45, 7) is 2.11. The van der Waals surface area contributed by atoms with Crippen LogP contribution in [0.2, 0.25) is 0 Å². The molecule has 1 atom stereocenters. The second-order valence-corrected chi connectivity index (χ2v) is 4.45. The number of nitro benzene ring substituents is 1. The van der Waals surface area contributed by atoms with Crippen LogP contribution >= 0.6 is 11.6 Å². The number of hydrogen-bond acceptors (Lipinski definition) is 2. The van der Waals surface area contributed by atoms with E-state index < -0.39 is 0 Å². The van der Waals surface area contributed by atoms with Crippen LogP contribution in [0, 0.1) is 10.1 Å². The van der Waals surface area contributed by atoms with Crippen LogP contribution in [0.15, 0.2) is 24.3 Å². The van der Waals surface area contributed by atoms with Gasteiger partial charge in [-0.05, 0) is 12.8 Å². The van der Waals surface area contributed by atoms with Gasteiger partial charge in [0.15, 0.2) is 0 Å². The molecule has 0 saturated carbocycles. The molecule has 4 heteroatoms. The van der Waals surface area contributed by atoms with Crippen LogP contribution in [0.4, 0.5) is 5.69 Å². The molecule has 0 N–H and O–H groups in total. The Labute approximate surface area is 101 Å². The predicted octanol–water partition coefficient (Wildman–Crippen LogP) is 3.93. The third-order valence-corrected chi connectivity index (χ3v) is 2.87. The monoisotopic (exact) mass is 241 g/mol. The summed E-state index contributed by atoms with van der Waals surface area (Å²) in [4.78, 5) is 10.4. The van der Waals surface area contributed by atoms with Crippen molar-refractivity contribution in [1.29, 1.82) is 0 Å². The van der Waals surface area contributed by atoms with Gasteiger partial charge in [0.2, 0.25) is 0 Å². The van der Waals surface area contributed by atoms with Crippen LogP contribution in [0.25, 0.3) is 0 Å². The van der Waals surface area contributed by atoms with Gasteiger partial charge in [-0.2, -0.15) is 0 Å². The number of halogens is 1. The lowest BCUT2D eigenvalue weighted by Crippen LogP contribution is -2.05. The number of hydrogen-bond donors (Lipinski definition) is 0. The zero-order valence-corrected chi connectivity index (χ0v) is 10.1. The van der Waals surface area contributed by atoms with E-state index >= 15 is 0 Å². The molecule has 3 nitrogen and oxygen atoms in total. The predicted molar refractivity (Wildman–Crippen MR) is 66.0 cm³/mol. The topological polar surface area (TPSA) is 43.1 Å². The standard InChI is InChI=1S/C12H16ClNO2/c1-2-3-7-11(13)9-10-6-4-5-8-12(10)14(15)16/h4-6,8,11H,2-3,7,9H2,1H3. The maximum Gasteiger partial charge on any atom is 0.272 e. The zero-order chi connectivity index (χ0) is 12.0. The normalized spacial score (nSPS) is 12.4. The van der Waals surface area contributed by atoms with Crippen molar-refractivity contribution in [3.8, 4) is 0 Å². The van der Waals surface area contributed by atoms with Crippen LogP contribution in [0.1, 0.15) is 31.7 Å². The fourth-order valence-corrected chi connectivity index (χ4v) is 1.95. The number of alkyl halides is 1. The fourth-order valence-electron chi connectivity index (χ4n) is 1.63. The van der Waals surface area contributed by atoms with Gasteiger partial charge in [-0.3, -0.25) is 10.1 Å². The van der Waals surface area contributed by atoms with E-state index in [9.17, 15) is 10.1 Å². The molecule has 1 aromatic carbocycles. The lowest BCUT2D eigenvalue weighted by Gasteiger charge is -2.08. The van der Waals surface area contributed by atoms with Crippen molar-refractivity contribution in [1.82, 2.24) is 0 Å². The molecule has 1 unspecified atom stereocenters. The van der Waals surface area contributed by atoms with E-state index in [1.54, 1.807) is 12.1 Å². The van der Waals surface area contributed by atoms with E-state index in [0.717, 1.165) is 24.8 Å². The van der Waals surface area contributed by atoms with E-state index in [1.165, 1.54) is 6.07 Å². The van der Waals surface area contributed by atoms with Gasteiger partial charge in [-0.1, -0.05) is 38.0 Å². The second-order valence-electron chi connectivity index (χ2n) is 3.83. The summed E-state index contributed by atoms with van der Waals surface area (Å²) in [7, 11) is 0. The first-order valence-electron chi connectivity index (χ1n) is 5.51. The Balaban J connectivity index is 2.69. The Morgan fingerprint density at radius 3 is 2.75 bits per heavy atom. The molecule has 88 valence electrons. The van der Waals surface area contributed by atoms with Crippen molar-refractivity contribution < 1.29 is 4.92 Å². The number of nitrogens with zero attached hydrogens (tertiary/aromatic N) is 1. The van der Waals surface area contributed by atoms with Gasteiger partial charge < -0.3 is 0 Å². The second kappa shape index (κ2) is 6.48. The summed E-state index contributed by atoms with van der Waals surface area (Å²) in [6, 6.07) is 6.79. The molecule has 0 heterocycles. The molecule has 0 aliphatic rings. The van der Waals surface area contributed by atoms with Crippen LogP contribution < -0.4 is 0 Å². The molecule has 16 heavy (non-hydrogen) atoms. The summed E-state index contributed by atoms with van der Waals surface area (Å²) < 4.78 is 0. The highest BCUT2D eigenvalue weighted by Crippen LogP contribution is 2.22. The van der Waals surface area contributed by atoms with E-state index in [-0.39, 0.29) is 16.0 Å². The van der Waals surface area contributed by atoms with Gasteiger partial charge in [0.1, 0.15) is 0 Å². The number of para-hydroxylation sites is 1. The van der Waals surface area contributed by atoms with E-state index in [4.69, 9.17) is 11.6 Å². The van der Waals surface area contributed by atoms with E-state index in [2.05, 4.69) is 6.92 Å². The Bertz CT molecular complexity index is 355. The number of unbranched alkanes of at least 4 members (excludes halogenated alkanes) is 1. The molecule has 0 amide bonds. The molecule has 1 aromatic rings. The smallest absolute Gasteiger partial charge is 0.258 e. The lowest BCUT2D eigenvalue weighted by atomic mass is 10.0. The molecular formula is C12H16ClNO2. The molecule has 0 aliphatic carbocycles. The first-order valence-corrected chi connectivity index (χ1v) is 5.95. The summed E-state index contributed by atoms with van der Waals surface area (Å²) in [5.74, 6) is 0. The molecule has 0 fully saturated rings. The SMILES string of the molecule is CCCCC(Cl)Cc1ccccc1[N+](=O)[O-]. The number of nitro groups is 1. The maximum atomic E-state index is 10.8. The minimum Gasteiger partial charge on any atom is -0.258 e. The van der Waals surface area contributed by atoms with Gasteiger partial charge in [-0.15, -0.1) is 11.6 Å². The first-order chi connectivity index (χ1) is 7.65. The van der Waals surface area contributed by atoms with E-state index in [0.29, 0.717) is 6.42 Å². The van der Waals surface area contributed by atoms with Crippen molar-refractivity contribution in [3.05, 3.63) is 39.9 Å². The highest BCUT2D eigenvalue weighted by atomic mass is 35.5. The molecule has 0 aliphatic heterocycles. The molecule has 0 bridgehead atoms. The molecular weight excluding hydrogens is 226 g/mol. The van der Waals surface area contributed by atoms with Crippen LogP contribution in [0.3, 0.4) is 0 Å². The van der Waals surface area contributed by atoms with Gasteiger partial charge >= 0.3 is 0 Å². The molecule has 0 aromatic heterocycles. The number of benzene rings is 1. The summed E-state index contributed by atoms with van der Waals surface area (Å²) in [5, 5.41) is 10.8. The first kappa shape index (κ1) is 13.0. The third kappa shape index (κ3) is 3.81. The van der Waals surface area contributed by atoms with E-state index in [1.807, 2.05) is 6.07 Å². The van der Waals surface area contributed by atoms with Gasteiger partial charge in [0.25, 0.3) is 5.69 Å². The fraction of sp³-hybridized carbons (Fsp3) is 0.500. The van der Waals surface area contributed by atoms with Crippen LogP contribution in [-0.2, 0) is 6.42 Å². The average Bonchev–Trinajstić information content (AvgIpc) is 2.27. The highest BCUT2D eigenvalue weighted by molar-refractivity contribution is 6.20. The summed E-state index contributed by atoms with van der Waals surface area (Å²) in [5.41, 5.74) is 0.897. The summed E-state index contributed by atoms with van der Waals surface area (Å²) >= 11 is 6.15. The molecule has 0 saturated heterocycles. The largest absolute Gasteiger partial charge is 0.272 e. The van der Waals surface area contributed by atoms with Gasteiger partial charge in [0, 0.05) is 17.0 Å². The Hall–Kier alpha value is -1.09. The highest BCUT2D eigenvalue weighted by Gasteiger charge is 2.15. The van der Waals surface area contributed by atoms with Gasteiger partial charge in [0.05, 0.1) is 4.92 Å². The molecule has 0 radical (unpaired) electrons. The quantitative estimate of drug-likeness (QED) is 0.430. The van der Waals surface area contributed by atoms with Crippen molar-refractivity contribution >= 4 is 17.3 Å². The van der Waals surface area contributed by atoms with Crippen molar-refractivity contribution in [2.24, 2.45) is 0 Å². The van der Waals surface area contributed by atoms with Crippen LogP contribution in [-0.4, -0.2) is 10.3 Å². The maximum absolute atomic E-state index is 10.8. The molecule has 0 spiro atoms. The van der Waals surface area contributed by atoms with Crippen molar-refractivity contribution in [2.45, 2.75) is 38.0 Å². The Kier molecular flexibility index (Phi) is 5.26. The van der Waals surface area contributed by atoms with Crippen molar-refractivity contribution in [2.75, 3.05) is 0 Å². The summed E-state index contributed by atoms with van der Waals surface area (Å²) in [6.07, 6.45) is 3.64. The Morgan fingerprint density at radius 1 is 1.44 bits per heavy atom. The third-order valence-electron chi connectivity index (χ3n) is 2.50. The van der Waals surface area contributed by atoms with Crippen LogP contribution in [0.5, 0.6) is 0 Å². The molecule has 1 rings (SSSR count). The lowest BCUT2D eigenvalue weighted by molar-refractivity contribution is -0.385. The average molecular weight is 242 g/mol. The Morgan fingerprint density at radius 2 is 2.12 bits per heavy atom.